The van der Waals surface area contributed by atoms with Gasteiger partial charge in [-0.2, -0.15) is 0 Å². The number of hydrogen-bond donors (Lipinski definition) is 0. The van der Waals surface area contributed by atoms with Gasteiger partial charge in [0.2, 0.25) is 11.2 Å². The van der Waals surface area contributed by atoms with Crippen LogP contribution in [0, 0.1) is 0 Å². The van der Waals surface area contributed by atoms with Crippen LogP contribution in [0.15, 0.2) is 75.0 Å². The van der Waals surface area contributed by atoms with Gasteiger partial charge in [0.25, 0.3) is 0 Å². The minimum absolute atomic E-state index is 0.142. The highest BCUT2D eigenvalue weighted by Crippen LogP contribution is 2.33. The van der Waals surface area contributed by atoms with Crippen molar-refractivity contribution >= 4 is 9.84 Å². The van der Waals surface area contributed by atoms with E-state index in [2.05, 4.69) is 17.0 Å². The monoisotopic (exact) mass is 437 g/mol. The number of ether oxygens (including phenoxy) is 1. The molecule has 3 aromatic rings. The molecule has 0 amide bonds. The Bertz CT molecular complexity index is 1230. The summed E-state index contributed by atoms with van der Waals surface area (Å²) in [5.74, 6) is 0.739. The minimum atomic E-state index is -3.20. The van der Waals surface area contributed by atoms with Crippen molar-refractivity contribution in [3.8, 4) is 5.75 Å². The Kier molecular flexibility index (Phi) is 5.16. The van der Waals surface area contributed by atoms with Gasteiger partial charge in [-0.1, -0.05) is 36.4 Å². The zero-order valence-corrected chi connectivity index (χ0v) is 17.8. The summed E-state index contributed by atoms with van der Waals surface area (Å²) in [7, 11) is -3.20. The van der Waals surface area contributed by atoms with Crippen molar-refractivity contribution in [1.82, 2.24) is 4.90 Å². The van der Waals surface area contributed by atoms with E-state index in [4.69, 9.17) is 9.15 Å². The van der Waals surface area contributed by atoms with E-state index < -0.39 is 9.84 Å². The highest BCUT2D eigenvalue weighted by molar-refractivity contribution is 7.92. The van der Waals surface area contributed by atoms with Gasteiger partial charge in [-0.05, 0) is 41.7 Å². The lowest BCUT2D eigenvalue weighted by molar-refractivity contribution is 0.241. The first-order valence-corrected chi connectivity index (χ1v) is 11.9. The molecule has 0 spiro atoms. The van der Waals surface area contributed by atoms with Crippen LogP contribution in [0.3, 0.4) is 0 Å². The molecule has 0 unspecified atom stereocenters. The number of fused-ring (bicyclic) bond motifs is 1. The summed E-state index contributed by atoms with van der Waals surface area (Å²) in [6, 6.07) is 16.4. The van der Waals surface area contributed by atoms with Crippen molar-refractivity contribution in [3.05, 3.63) is 93.5 Å². The second-order valence-corrected chi connectivity index (χ2v) is 10.4. The summed E-state index contributed by atoms with van der Waals surface area (Å²) in [5.41, 5.74) is 3.17. The standard InChI is InChI=1S/C24H23NO5S/c26-23-11-20(14-25-12-18-3-1-2-4-19(18)13-25)29-16-24(23)30-15-17-5-7-21(8-6-17)31(27,28)22-9-10-22/h1-8,11,16,22H,9-10,12-15H2. The topological polar surface area (TPSA) is 76.8 Å². The third kappa shape index (κ3) is 4.29. The average molecular weight is 438 g/mol. The molecule has 2 aromatic carbocycles. The van der Waals surface area contributed by atoms with Crippen molar-refractivity contribution in [2.45, 2.75) is 49.2 Å². The fourth-order valence-corrected chi connectivity index (χ4v) is 5.53. The summed E-state index contributed by atoms with van der Waals surface area (Å²) in [4.78, 5) is 15.0. The number of hydrogen-bond acceptors (Lipinski definition) is 6. The molecular weight excluding hydrogens is 414 g/mol. The van der Waals surface area contributed by atoms with Gasteiger partial charge in [-0.25, -0.2) is 8.42 Å². The molecule has 2 aliphatic rings. The first kappa shape index (κ1) is 20.0. The lowest BCUT2D eigenvalue weighted by Gasteiger charge is -2.14. The smallest absolute Gasteiger partial charge is 0.227 e. The Morgan fingerprint density at radius 3 is 2.29 bits per heavy atom. The van der Waals surface area contributed by atoms with Gasteiger partial charge in [-0.15, -0.1) is 0 Å². The molecule has 0 N–H and O–H groups in total. The van der Waals surface area contributed by atoms with E-state index >= 15 is 0 Å². The van der Waals surface area contributed by atoms with Crippen LogP contribution in [0.1, 0.15) is 35.3 Å². The maximum atomic E-state index is 12.4. The van der Waals surface area contributed by atoms with E-state index in [0.29, 0.717) is 17.2 Å². The fourth-order valence-electron chi connectivity index (χ4n) is 3.87. The van der Waals surface area contributed by atoms with Gasteiger partial charge in [0.15, 0.2) is 9.84 Å². The Labute approximate surface area is 181 Å². The molecule has 2 heterocycles. The quantitative estimate of drug-likeness (QED) is 0.561. The van der Waals surface area contributed by atoms with Crippen LogP contribution >= 0.6 is 0 Å². The van der Waals surface area contributed by atoms with Crippen LogP contribution in [0.4, 0.5) is 0 Å². The van der Waals surface area contributed by atoms with Gasteiger partial charge < -0.3 is 9.15 Å². The van der Waals surface area contributed by atoms with Crippen molar-refractivity contribution in [2.75, 3.05) is 0 Å². The Balaban J connectivity index is 1.19. The molecule has 5 rings (SSSR count). The van der Waals surface area contributed by atoms with E-state index in [9.17, 15) is 13.2 Å². The molecule has 1 aromatic heterocycles. The van der Waals surface area contributed by atoms with Gasteiger partial charge in [0.1, 0.15) is 18.6 Å². The number of nitrogens with zero attached hydrogens (tertiary/aromatic N) is 1. The van der Waals surface area contributed by atoms with Crippen LogP contribution < -0.4 is 10.2 Å². The third-order valence-corrected chi connectivity index (χ3v) is 8.03. The average Bonchev–Trinajstić information content (AvgIpc) is 3.55. The molecule has 0 atom stereocenters. The molecule has 1 saturated carbocycles. The number of sulfone groups is 1. The molecule has 0 saturated heterocycles. The predicted octanol–water partition coefficient (Wildman–Crippen LogP) is 3.67. The lowest BCUT2D eigenvalue weighted by atomic mass is 10.1. The van der Waals surface area contributed by atoms with E-state index in [1.54, 1.807) is 24.3 Å². The summed E-state index contributed by atoms with van der Waals surface area (Å²) >= 11 is 0. The second-order valence-electron chi connectivity index (χ2n) is 8.17. The van der Waals surface area contributed by atoms with Crippen molar-refractivity contribution in [2.24, 2.45) is 0 Å². The molecule has 160 valence electrons. The van der Waals surface area contributed by atoms with Gasteiger partial charge in [0.05, 0.1) is 16.7 Å². The van der Waals surface area contributed by atoms with Crippen LogP contribution in [-0.4, -0.2) is 18.6 Å². The van der Waals surface area contributed by atoms with Crippen molar-refractivity contribution < 1.29 is 17.6 Å². The molecule has 7 heteroatoms. The zero-order valence-electron chi connectivity index (χ0n) is 17.0. The van der Waals surface area contributed by atoms with Gasteiger partial charge in [0, 0.05) is 19.2 Å². The lowest BCUT2D eigenvalue weighted by Crippen LogP contribution is -2.17. The van der Waals surface area contributed by atoms with E-state index in [1.807, 2.05) is 12.1 Å². The summed E-state index contributed by atoms with van der Waals surface area (Å²) in [6.07, 6.45) is 2.83. The normalized spacial score (nSPS) is 16.3. The Morgan fingerprint density at radius 1 is 1.00 bits per heavy atom. The predicted molar refractivity (Wildman–Crippen MR) is 115 cm³/mol. The molecule has 0 bridgehead atoms. The number of rotatable bonds is 7. The molecule has 6 nitrogen and oxygen atoms in total. The van der Waals surface area contributed by atoms with Crippen LogP contribution in [-0.2, 0) is 36.1 Å². The summed E-state index contributed by atoms with van der Waals surface area (Å²) < 4.78 is 35.8. The summed E-state index contributed by atoms with van der Waals surface area (Å²) in [5, 5.41) is -0.229. The van der Waals surface area contributed by atoms with E-state index in [1.165, 1.54) is 23.5 Å². The second kappa shape index (κ2) is 7.98. The zero-order chi connectivity index (χ0) is 21.4. The molecule has 1 fully saturated rings. The van der Waals surface area contributed by atoms with E-state index in [-0.39, 0.29) is 23.0 Å². The maximum absolute atomic E-state index is 12.4. The first-order chi connectivity index (χ1) is 15.0. The van der Waals surface area contributed by atoms with Crippen LogP contribution in [0.5, 0.6) is 5.75 Å². The molecule has 31 heavy (non-hydrogen) atoms. The van der Waals surface area contributed by atoms with Crippen molar-refractivity contribution in [3.63, 3.8) is 0 Å². The van der Waals surface area contributed by atoms with Crippen LogP contribution in [0.25, 0.3) is 0 Å². The van der Waals surface area contributed by atoms with E-state index in [0.717, 1.165) is 31.5 Å². The first-order valence-electron chi connectivity index (χ1n) is 10.4. The molecule has 1 aliphatic heterocycles. The third-order valence-electron chi connectivity index (χ3n) is 5.75. The number of benzene rings is 2. The Morgan fingerprint density at radius 2 is 1.68 bits per heavy atom. The largest absolute Gasteiger partial charge is 0.482 e. The SMILES string of the molecule is O=c1cc(CN2Cc3ccccc3C2)occ1OCc1ccc(S(=O)(=O)C2CC2)cc1. The minimum Gasteiger partial charge on any atom is -0.482 e. The molecule has 1 aliphatic carbocycles. The Hall–Kier alpha value is -2.90. The highest BCUT2D eigenvalue weighted by Gasteiger charge is 2.36. The van der Waals surface area contributed by atoms with Gasteiger partial charge >= 0.3 is 0 Å². The highest BCUT2D eigenvalue weighted by atomic mass is 32.2. The molecular formula is C24H23NO5S. The van der Waals surface area contributed by atoms with Crippen molar-refractivity contribution in [1.29, 1.82) is 0 Å². The fraction of sp³-hybridized carbons (Fsp3) is 0.292. The maximum Gasteiger partial charge on any atom is 0.227 e. The molecule has 0 radical (unpaired) electrons. The van der Waals surface area contributed by atoms with Gasteiger partial charge in [-0.3, -0.25) is 9.69 Å². The van der Waals surface area contributed by atoms with Crippen LogP contribution in [0.2, 0.25) is 0 Å². The summed E-state index contributed by atoms with van der Waals surface area (Å²) in [6.45, 7) is 2.39.